The number of carbonyl (C=O) groups is 1. The Hall–Kier alpha value is -0.825. The number of aliphatic carboxylic acids is 1. The highest BCUT2D eigenvalue weighted by atomic mass is 35.5. The van der Waals surface area contributed by atoms with Crippen LogP contribution in [0.4, 0.5) is 0 Å². The predicted octanol–water partition coefficient (Wildman–Crippen LogP) is 2.33. The Bertz CT molecular complexity index is 644. The number of unbranched alkanes of at least 4 members (excludes halogenated alkanes) is 1. The van der Waals surface area contributed by atoms with Crippen LogP contribution in [0.15, 0.2) is 18.2 Å². The van der Waals surface area contributed by atoms with Gasteiger partial charge in [0.1, 0.15) is 5.54 Å². The zero-order valence-corrected chi connectivity index (χ0v) is 16.7. The van der Waals surface area contributed by atoms with Crippen molar-refractivity contribution in [1.82, 2.24) is 5.32 Å². The lowest BCUT2D eigenvalue weighted by atomic mass is 9.66. The second-order valence-electron chi connectivity index (χ2n) is 7.38. The minimum atomic E-state index is -1.35. The first-order valence-electron chi connectivity index (χ1n) is 9.28. The van der Waals surface area contributed by atoms with E-state index in [4.69, 9.17) is 39.0 Å². The number of nitrogens with two attached hydrogens (primary N) is 1. The SMILES string of the molecule is N[C@](CCCCB(O)O)(C(=O)O)[C@H]1C[C@H](NCCc2ccc(Cl)cc2Cl)C1. The predicted molar refractivity (Wildman–Crippen MR) is 108 cm³/mol. The Morgan fingerprint density at radius 3 is 2.59 bits per heavy atom. The molecule has 0 aliphatic heterocycles. The Morgan fingerprint density at radius 1 is 1.30 bits per heavy atom. The number of carboxylic acid groups (broad SMARTS) is 1. The molecule has 0 saturated heterocycles. The summed E-state index contributed by atoms with van der Waals surface area (Å²) in [5.41, 5.74) is 5.97. The number of nitrogens with one attached hydrogen (secondary N) is 1. The van der Waals surface area contributed by atoms with Gasteiger partial charge >= 0.3 is 13.1 Å². The van der Waals surface area contributed by atoms with Crippen molar-refractivity contribution >= 4 is 36.3 Å². The molecule has 0 amide bonds. The van der Waals surface area contributed by atoms with Crippen molar-refractivity contribution in [2.45, 2.75) is 56.4 Å². The summed E-state index contributed by atoms with van der Waals surface area (Å²) < 4.78 is 0. The van der Waals surface area contributed by atoms with Crippen LogP contribution in [0, 0.1) is 5.92 Å². The molecular weight excluding hydrogens is 390 g/mol. The van der Waals surface area contributed by atoms with Gasteiger partial charge in [0, 0.05) is 16.1 Å². The maximum Gasteiger partial charge on any atom is 0.451 e. The molecule has 0 heterocycles. The summed E-state index contributed by atoms with van der Waals surface area (Å²) >= 11 is 12.1. The third-order valence-corrected chi connectivity index (χ3v) is 6.00. The van der Waals surface area contributed by atoms with Crippen molar-refractivity contribution in [2.24, 2.45) is 11.7 Å². The highest BCUT2D eigenvalue weighted by Crippen LogP contribution is 2.38. The van der Waals surface area contributed by atoms with Gasteiger partial charge < -0.3 is 26.2 Å². The number of halogens is 2. The molecule has 9 heteroatoms. The van der Waals surface area contributed by atoms with Crippen molar-refractivity contribution in [3.8, 4) is 0 Å². The van der Waals surface area contributed by atoms with Gasteiger partial charge in [-0.2, -0.15) is 0 Å². The Morgan fingerprint density at radius 2 is 2.00 bits per heavy atom. The van der Waals surface area contributed by atoms with Crippen LogP contribution in [0.2, 0.25) is 16.4 Å². The van der Waals surface area contributed by atoms with Crippen LogP contribution in [-0.2, 0) is 11.2 Å². The highest BCUT2D eigenvalue weighted by molar-refractivity contribution is 6.40. The molecule has 6 N–H and O–H groups in total. The fourth-order valence-corrected chi connectivity index (χ4v) is 4.07. The van der Waals surface area contributed by atoms with Gasteiger partial charge in [0.2, 0.25) is 0 Å². The van der Waals surface area contributed by atoms with E-state index >= 15 is 0 Å². The van der Waals surface area contributed by atoms with Crippen LogP contribution in [0.25, 0.3) is 0 Å². The van der Waals surface area contributed by atoms with Gasteiger partial charge in [-0.25, -0.2) is 0 Å². The summed E-state index contributed by atoms with van der Waals surface area (Å²) in [7, 11) is -1.35. The van der Waals surface area contributed by atoms with Crippen LogP contribution >= 0.6 is 23.2 Å². The van der Waals surface area contributed by atoms with Crippen LogP contribution < -0.4 is 11.1 Å². The molecule has 0 radical (unpaired) electrons. The number of hydrogen-bond acceptors (Lipinski definition) is 5. The van der Waals surface area contributed by atoms with Gasteiger partial charge in [0.05, 0.1) is 0 Å². The molecule has 6 nitrogen and oxygen atoms in total. The van der Waals surface area contributed by atoms with Gasteiger partial charge in [0.15, 0.2) is 0 Å². The van der Waals surface area contributed by atoms with Crippen molar-refractivity contribution in [3.63, 3.8) is 0 Å². The molecule has 0 aromatic heterocycles. The molecule has 0 spiro atoms. The fourth-order valence-electron chi connectivity index (χ4n) is 3.57. The molecular formula is C18H27BCl2N2O4. The molecule has 1 aliphatic carbocycles. The number of hydrogen-bond donors (Lipinski definition) is 5. The number of carboxylic acids is 1. The lowest BCUT2D eigenvalue weighted by molar-refractivity contribution is -0.148. The van der Waals surface area contributed by atoms with Gasteiger partial charge in [-0.15, -0.1) is 0 Å². The van der Waals surface area contributed by atoms with E-state index in [-0.39, 0.29) is 18.3 Å². The maximum atomic E-state index is 11.7. The van der Waals surface area contributed by atoms with Gasteiger partial charge in [-0.05, 0) is 62.2 Å². The average molecular weight is 417 g/mol. The lowest BCUT2D eigenvalue weighted by Gasteiger charge is -2.45. The quantitative estimate of drug-likeness (QED) is 0.279. The molecule has 27 heavy (non-hydrogen) atoms. The van der Waals surface area contributed by atoms with Gasteiger partial charge in [-0.1, -0.05) is 42.1 Å². The number of rotatable bonds is 11. The van der Waals surface area contributed by atoms with E-state index in [1.54, 1.807) is 6.07 Å². The van der Waals surface area contributed by atoms with E-state index in [9.17, 15) is 9.90 Å². The second-order valence-corrected chi connectivity index (χ2v) is 8.22. The van der Waals surface area contributed by atoms with E-state index in [1.165, 1.54) is 0 Å². The van der Waals surface area contributed by atoms with Gasteiger partial charge in [-0.3, -0.25) is 4.79 Å². The van der Waals surface area contributed by atoms with Crippen LogP contribution in [0.3, 0.4) is 0 Å². The maximum absolute atomic E-state index is 11.7. The smallest absolute Gasteiger partial charge is 0.451 e. The summed E-state index contributed by atoms with van der Waals surface area (Å²) in [6, 6.07) is 5.70. The normalized spacial score (nSPS) is 21.4. The number of benzene rings is 1. The molecule has 1 aromatic carbocycles. The van der Waals surface area contributed by atoms with Crippen LogP contribution in [0.1, 0.15) is 37.7 Å². The van der Waals surface area contributed by atoms with Gasteiger partial charge in [0.25, 0.3) is 0 Å². The van der Waals surface area contributed by atoms with E-state index in [0.29, 0.717) is 29.3 Å². The Labute approximate surface area is 170 Å². The monoisotopic (exact) mass is 416 g/mol. The highest BCUT2D eigenvalue weighted by Gasteiger charge is 2.47. The zero-order chi connectivity index (χ0) is 20.0. The van der Waals surface area contributed by atoms with E-state index in [0.717, 1.165) is 31.4 Å². The molecule has 1 saturated carbocycles. The minimum Gasteiger partial charge on any atom is -0.480 e. The summed E-state index contributed by atoms with van der Waals surface area (Å²) in [5, 5.41) is 32.0. The minimum absolute atomic E-state index is 0.0781. The fraction of sp³-hybridized carbons (Fsp3) is 0.611. The first-order valence-corrected chi connectivity index (χ1v) is 10.0. The third kappa shape index (κ3) is 6.34. The molecule has 2 rings (SSSR count). The summed E-state index contributed by atoms with van der Waals surface area (Å²) in [4.78, 5) is 11.7. The van der Waals surface area contributed by atoms with Crippen molar-refractivity contribution in [3.05, 3.63) is 33.8 Å². The van der Waals surface area contributed by atoms with E-state index < -0.39 is 18.6 Å². The third-order valence-electron chi connectivity index (χ3n) is 5.41. The van der Waals surface area contributed by atoms with Crippen molar-refractivity contribution in [2.75, 3.05) is 6.54 Å². The molecule has 1 aromatic rings. The molecule has 1 atom stereocenters. The zero-order valence-electron chi connectivity index (χ0n) is 15.2. The first-order chi connectivity index (χ1) is 12.7. The Kier molecular flexibility index (Phi) is 8.40. The molecule has 1 aliphatic rings. The van der Waals surface area contributed by atoms with Crippen molar-refractivity contribution in [1.29, 1.82) is 0 Å². The van der Waals surface area contributed by atoms with Crippen LogP contribution in [0.5, 0.6) is 0 Å². The molecule has 0 bridgehead atoms. The Balaban J connectivity index is 1.74. The topological polar surface area (TPSA) is 116 Å². The van der Waals surface area contributed by atoms with E-state index in [2.05, 4.69) is 5.32 Å². The second kappa shape index (κ2) is 10.1. The van der Waals surface area contributed by atoms with Crippen molar-refractivity contribution < 1.29 is 19.9 Å². The lowest BCUT2D eigenvalue weighted by Crippen LogP contribution is -2.61. The van der Waals surface area contributed by atoms with E-state index in [1.807, 2.05) is 12.1 Å². The summed E-state index contributed by atoms with van der Waals surface area (Å²) in [6.07, 6.45) is 3.89. The summed E-state index contributed by atoms with van der Waals surface area (Å²) in [6.45, 7) is 0.748. The largest absolute Gasteiger partial charge is 0.480 e. The molecule has 0 unspecified atom stereocenters. The first kappa shape index (κ1) is 22.5. The summed E-state index contributed by atoms with van der Waals surface area (Å²) in [5.74, 6) is -1.06. The molecule has 1 fully saturated rings. The molecule has 150 valence electrons. The average Bonchev–Trinajstić information content (AvgIpc) is 2.54. The van der Waals surface area contributed by atoms with Crippen LogP contribution in [-0.4, -0.2) is 46.4 Å². The standard InChI is InChI=1S/C18H27BCl2N2O4/c20-14-4-3-12(16(21)11-14)5-8-23-15-9-13(10-15)18(22,17(24)25)6-1-2-7-19(26)27/h3-4,11,13,15,23,26-27H,1-2,5-10,22H2,(H,24,25)/t13-,15-,18-/m0/s1.